The van der Waals surface area contributed by atoms with Crippen LogP contribution in [0.2, 0.25) is 0 Å². The Morgan fingerprint density at radius 1 is 1.13 bits per heavy atom. The molecule has 0 aliphatic carbocycles. The molecule has 1 aliphatic heterocycles. The van der Waals surface area contributed by atoms with Gasteiger partial charge in [-0.2, -0.15) is 0 Å². The van der Waals surface area contributed by atoms with E-state index in [2.05, 4.69) is 10.0 Å². The van der Waals surface area contributed by atoms with E-state index in [4.69, 9.17) is 4.42 Å². The second kappa shape index (κ2) is 8.95. The van der Waals surface area contributed by atoms with Crippen molar-refractivity contribution in [2.24, 2.45) is 0 Å². The van der Waals surface area contributed by atoms with Crippen molar-refractivity contribution >= 4 is 21.6 Å². The van der Waals surface area contributed by atoms with E-state index in [1.807, 2.05) is 37.3 Å². The Labute approximate surface area is 182 Å². The molecule has 0 bridgehead atoms. The van der Waals surface area contributed by atoms with Gasteiger partial charge in [-0.25, -0.2) is 13.1 Å². The highest BCUT2D eigenvalue weighted by atomic mass is 32.2. The average Bonchev–Trinajstić information content (AvgIpc) is 3.45. The topological polar surface area (TPSA) is 91.6 Å². The number of amides is 1. The molecule has 4 rings (SSSR count). The number of furan rings is 1. The third kappa shape index (κ3) is 4.98. The summed E-state index contributed by atoms with van der Waals surface area (Å²) in [6.45, 7) is 3.05. The van der Waals surface area contributed by atoms with E-state index in [0.29, 0.717) is 24.4 Å². The highest BCUT2D eigenvalue weighted by molar-refractivity contribution is 7.89. The number of rotatable bonds is 7. The van der Waals surface area contributed by atoms with Gasteiger partial charge in [0.15, 0.2) is 0 Å². The molecule has 7 nitrogen and oxygen atoms in total. The van der Waals surface area contributed by atoms with Gasteiger partial charge in [0.2, 0.25) is 10.0 Å². The summed E-state index contributed by atoms with van der Waals surface area (Å²) < 4.78 is 33.1. The summed E-state index contributed by atoms with van der Waals surface area (Å²) in [5, 5.41) is 3.45. The number of nitrogens with zero attached hydrogens (tertiary/aromatic N) is 1. The van der Waals surface area contributed by atoms with Crippen LogP contribution >= 0.6 is 0 Å². The van der Waals surface area contributed by atoms with Gasteiger partial charge in [-0.3, -0.25) is 4.79 Å². The second-order valence-electron chi connectivity index (χ2n) is 7.63. The second-order valence-corrected chi connectivity index (χ2v) is 9.39. The van der Waals surface area contributed by atoms with Crippen LogP contribution in [0.15, 0.2) is 76.2 Å². The van der Waals surface area contributed by atoms with Crippen LogP contribution < -0.4 is 10.0 Å². The van der Waals surface area contributed by atoms with Gasteiger partial charge in [0.25, 0.3) is 5.91 Å². The van der Waals surface area contributed by atoms with Crippen molar-refractivity contribution in [1.29, 1.82) is 0 Å². The quantitative estimate of drug-likeness (QED) is 0.589. The third-order valence-electron chi connectivity index (χ3n) is 5.39. The van der Waals surface area contributed by atoms with Crippen molar-refractivity contribution in [3.63, 3.8) is 0 Å². The number of para-hydroxylation sites is 1. The predicted octanol–water partition coefficient (Wildman–Crippen LogP) is 3.39. The van der Waals surface area contributed by atoms with Crippen LogP contribution in [0.5, 0.6) is 0 Å². The SMILES string of the molecule is Cc1ccc(S(=O)(=O)NCc2ccco2)cc1C(=O)N1CCC(Nc2ccccc2)C1. The lowest BCUT2D eigenvalue weighted by molar-refractivity contribution is 0.0790. The fraction of sp³-hybridized carbons (Fsp3) is 0.261. The van der Waals surface area contributed by atoms with Crippen molar-refractivity contribution in [1.82, 2.24) is 9.62 Å². The van der Waals surface area contributed by atoms with Crippen molar-refractivity contribution < 1.29 is 17.6 Å². The van der Waals surface area contributed by atoms with Crippen molar-refractivity contribution in [3.8, 4) is 0 Å². The van der Waals surface area contributed by atoms with Crippen LogP contribution in [0.25, 0.3) is 0 Å². The number of hydrogen-bond acceptors (Lipinski definition) is 5. The Hall–Kier alpha value is -3.10. The van der Waals surface area contributed by atoms with E-state index in [0.717, 1.165) is 17.7 Å². The molecule has 31 heavy (non-hydrogen) atoms. The monoisotopic (exact) mass is 439 g/mol. The molecule has 2 N–H and O–H groups in total. The molecule has 2 heterocycles. The number of likely N-dealkylation sites (tertiary alicyclic amines) is 1. The fourth-order valence-corrected chi connectivity index (χ4v) is 4.68. The zero-order valence-corrected chi connectivity index (χ0v) is 18.1. The maximum absolute atomic E-state index is 13.2. The molecule has 0 spiro atoms. The Balaban J connectivity index is 1.46. The number of aryl methyl sites for hydroxylation is 1. The summed E-state index contributed by atoms with van der Waals surface area (Å²) in [6, 6.07) is 18.1. The van der Waals surface area contributed by atoms with E-state index >= 15 is 0 Å². The standard InChI is InChI=1S/C23H25N3O4S/c1-17-9-10-21(31(28,29)24-15-20-8-5-13-30-20)14-22(17)23(27)26-12-11-19(16-26)25-18-6-3-2-4-7-18/h2-10,13-14,19,24-25H,11-12,15-16H2,1H3. The van der Waals surface area contributed by atoms with Crippen molar-refractivity contribution in [2.75, 3.05) is 18.4 Å². The van der Waals surface area contributed by atoms with Crippen molar-refractivity contribution in [3.05, 3.63) is 83.8 Å². The molecule has 1 saturated heterocycles. The highest BCUT2D eigenvalue weighted by Gasteiger charge is 2.28. The number of benzene rings is 2. The average molecular weight is 440 g/mol. The van der Waals surface area contributed by atoms with Crippen LogP contribution in [0, 0.1) is 6.92 Å². The number of sulfonamides is 1. The van der Waals surface area contributed by atoms with Gasteiger partial charge in [0.1, 0.15) is 5.76 Å². The van der Waals surface area contributed by atoms with Crippen molar-refractivity contribution in [2.45, 2.75) is 30.8 Å². The molecule has 1 fully saturated rings. The summed E-state index contributed by atoms with van der Waals surface area (Å²) in [7, 11) is -3.78. The van der Waals surface area contributed by atoms with E-state index in [1.54, 1.807) is 23.1 Å². The fourth-order valence-electron chi connectivity index (χ4n) is 3.66. The maximum Gasteiger partial charge on any atom is 0.254 e. The molecular weight excluding hydrogens is 414 g/mol. The van der Waals surface area contributed by atoms with Crippen LogP contribution in [0.3, 0.4) is 0 Å². The first kappa shape index (κ1) is 21.1. The summed E-state index contributed by atoms with van der Waals surface area (Å²) in [5.41, 5.74) is 2.17. The molecular formula is C23H25N3O4S. The Kier molecular flexibility index (Phi) is 6.11. The van der Waals surface area contributed by atoms with E-state index in [1.165, 1.54) is 18.4 Å². The van der Waals surface area contributed by atoms with Gasteiger partial charge in [0, 0.05) is 30.4 Å². The number of carbonyl (C=O) groups is 1. The van der Waals surface area contributed by atoms with E-state index in [-0.39, 0.29) is 23.4 Å². The third-order valence-corrected chi connectivity index (χ3v) is 6.79. The summed E-state index contributed by atoms with van der Waals surface area (Å²) in [4.78, 5) is 15.0. The highest BCUT2D eigenvalue weighted by Crippen LogP contribution is 2.22. The number of carbonyl (C=O) groups excluding carboxylic acids is 1. The number of hydrogen-bond donors (Lipinski definition) is 2. The summed E-state index contributed by atoms with van der Waals surface area (Å²) in [6.07, 6.45) is 2.32. The van der Waals surface area contributed by atoms with Crippen LogP contribution in [-0.4, -0.2) is 38.4 Å². The molecule has 3 aromatic rings. The first-order chi connectivity index (χ1) is 14.9. The molecule has 1 aliphatic rings. The molecule has 2 aromatic carbocycles. The molecule has 1 atom stereocenters. The molecule has 162 valence electrons. The number of anilines is 1. The molecule has 8 heteroatoms. The minimum Gasteiger partial charge on any atom is -0.468 e. The molecule has 0 radical (unpaired) electrons. The minimum atomic E-state index is -3.78. The maximum atomic E-state index is 13.2. The molecule has 1 unspecified atom stereocenters. The number of nitrogens with one attached hydrogen (secondary N) is 2. The van der Waals surface area contributed by atoms with Crippen LogP contribution in [0.1, 0.15) is 28.1 Å². The first-order valence-electron chi connectivity index (χ1n) is 10.2. The smallest absolute Gasteiger partial charge is 0.254 e. The van der Waals surface area contributed by atoms with Gasteiger partial charge < -0.3 is 14.6 Å². The largest absolute Gasteiger partial charge is 0.468 e. The normalized spacial score (nSPS) is 16.4. The lowest BCUT2D eigenvalue weighted by Gasteiger charge is -2.19. The molecule has 1 aromatic heterocycles. The zero-order chi connectivity index (χ0) is 21.8. The van der Waals surface area contributed by atoms with Gasteiger partial charge in [-0.05, 0) is 55.3 Å². The van der Waals surface area contributed by atoms with Crippen LogP contribution in [0.4, 0.5) is 5.69 Å². The lowest BCUT2D eigenvalue weighted by atomic mass is 10.1. The van der Waals surface area contributed by atoms with E-state index < -0.39 is 10.0 Å². The Morgan fingerprint density at radius 3 is 2.68 bits per heavy atom. The first-order valence-corrected chi connectivity index (χ1v) is 11.6. The predicted molar refractivity (Wildman–Crippen MR) is 118 cm³/mol. The molecule has 1 amide bonds. The lowest BCUT2D eigenvalue weighted by Crippen LogP contribution is -2.32. The Bertz CT molecular complexity index is 1140. The summed E-state index contributed by atoms with van der Waals surface area (Å²) >= 11 is 0. The molecule has 0 saturated carbocycles. The van der Waals surface area contributed by atoms with Gasteiger partial charge in [-0.15, -0.1) is 0 Å². The Morgan fingerprint density at radius 2 is 1.94 bits per heavy atom. The van der Waals surface area contributed by atoms with Gasteiger partial charge >= 0.3 is 0 Å². The van der Waals surface area contributed by atoms with E-state index in [9.17, 15) is 13.2 Å². The van der Waals surface area contributed by atoms with Gasteiger partial charge in [-0.1, -0.05) is 24.3 Å². The minimum absolute atomic E-state index is 0.0471. The zero-order valence-electron chi connectivity index (χ0n) is 17.2. The van der Waals surface area contributed by atoms with Crippen LogP contribution in [-0.2, 0) is 16.6 Å². The van der Waals surface area contributed by atoms with Gasteiger partial charge in [0.05, 0.1) is 17.7 Å². The summed E-state index contributed by atoms with van der Waals surface area (Å²) in [5.74, 6) is 0.360.